The molecule has 0 amide bonds. The summed E-state index contributed by atoms with van der Waals surface area (Å²) in [6.07, 6.45) is 2.90. The van der Waals surface area contributed by atoms with E-state index in [-0.39, 0.29) is 80.5 Å². The van der Waals surface area contributed by atoms with Crippen LogP contribution in [0.15, 0.2) is 188 Å². The van der Waals surface area contributed by atoms with Crippen LogP contribution in [0.25, 0.3) is 5.32 Å². The number of benzene rings is 6. The molecule has 298 valence electrons. The third kappa shape index (κ3) is 17.3. The molecule has 0 aliphatic rings. The van der Waals surface area contributed by atoms with Gasteiger partial charge in [-0.2, -0.15) is 49.2 Å². The minimum atomic E-state index is -0.266. The number of phenolic OH excluding ortho intramolecular Hbond substituents is 1. The predicted molar refractivity (Wildman–Crippen MR) is 235 cm³/mol. The Bertz CT molecular complexity index is 2110. The molecule has 7 heteroatoms. The molecule has 7 aromatic rings. The van der Waals surface area contributed by atoms with Crippen molar-refractivity contribution < 1.29 is 66.4 Å². The van der Waals surface area contributed by atoms with Gasteiger partial charge in [-0.05, 0) is 36.1 Å². The molecule has 1 atom stereocenters. The van der Waals surface area contributed by atoms with Crippen molar-refractivity contribution in [2.45, 2.75) is 39.2 Å². The van der Waals surface area contributed by atoms with Gasteiger partial charge in [0.25, 0.3) is 0 Å². The van der Waals surface area contributed by atoms with E-state index in [2.05, 4.69) is 39.6 Å². The first-order valence-electron chi connectivity index (χ1n) is 18.7. The SMILES string of the molecule is Cc1cc([N-]C(c2ccccc2)c2ccccn2)c(O)c(C(C)(C)C)c1.O=C([CH-]C(=O)c1ccccc1)c1ccccc1.[CH2-]c1ccccc1.[CH2-]c1ccccc1.[Hf].[Hf]. The van der Waals surface area contributed by atoms with E-state index >= 15 is 0 Å². The zero-order chi connectivity index (χ0) is 41.0. The summed E-state index contributed by atoms with van der Waals surface area (Å²) in [7, 11) is 0. The van der Waals surface area contributed by atoms with Crippen LogP contribution >= 0.6 is 0 Å². The number of Topliss-reactive ketones (excluding diaryl/α,β-unsaturated/α-hetero) is 2. The van der Waals surface area contributed by atoms with E-state index in [0.717, 1.165) is 39.9 Å². The molecule has 0 aliphatic heterocycles. The van der Waals surface area contributed by atoms with Gasteiger partial charge in [0.05, 0.1) is 11.6 Å². The number of hydrogen-bond acceptors (Lipinski definition) is 4. The number of aromatic nitrogens is 1. The Hall–Kier alpha value is -5.24. The zero-order valence-corrected chi connectivity index (χ0v) is 41.3. The number of ketones is 2. The number of carbonyl (C=O) groups is 2. The fraction of sp³-hybridized carbons (Fsp3) is 0.115. The van der Waals surface area contributed by atoms with Crippen molar-refractivity contribution in [1.29, 1.82) is 0 Å². The van der Waals surface area contributed by atoms with Crippen molar-refractivity contribution in [3.8, 4) is 5.75 Å². The summed E-state index contributed by atoms with van der Waals surface area (Å²) in [6, 6.07) is 56.9. The molecule has 6 aromatic carbocycles. The van der Waals surface area contributed by atoms with Crippen LogP contribution in [-0.2, 0) is 57.1 Å². The van der Waals surface area contributed by atoms with Crippen molar-refractivity contribution in [2.24, 2.45) is 0 Å². The van der Waals surface area contributed by atoms with Crippen molar-refractivity contribution in [3.63, 3.8) is 0 Å². The topological polar surface area (TPSA) is 81.4 Å². The molecule has 0 saturated carbocycles. The number of aromatic hydroxyl groups is 1. The average Bonchev–Trinajstić information content (AvgIpc) is 3.23. The van der Waals surface area contributed by atoms with Crippen LogP contribution in [0.3, 0.4) is 0 Å². The third-order valence-electron chi connectivity index (χ3n) is 8.46. The van der Waals surface area contributed by atoms with E-state index in [9.17, 15) is 14.7 Å². The van der Waals surface area contributed by atoms with Crippen LogP contribution < -0.4 is 0 Å². The second kappa shape index (κ2) is 26.0. The Morgan fingerprint density at radius 1 is 0.610 bits per heavy atom. The molecular weight excluding hydrogens is 1060 g/mol. The Labute approximate surface area is 389 Å². The Balaban J connectivity index is 0.000000309. The number of aryl methyl sites for hydroxylation is 1. The minimum absolute atomic E-state index is 0. The van der Waals surface area contributed by atoms with Gasteiger partial charge < -0.3 is 20.0 Å². The van der Waals surface area contributed by atoms with Crippen molar-refractivity contribution in [1.82, 2.24) is 4.98 Å². The Morgan fingerprint density at radius 3 is 1.39 bits per heavy atom. The van der Waals surface area contributed by atoms with Crippen LogP contribution in [0.1, 0.15) is 81.0 Å². The summed E-state index contributed by atoms with van der Waals surface area (Å²) in [5.74, 6) is -0.279. The van der Waals surface area contributed by atoms with Gasteiger partial charge in [-0.3, -0.25) is 4.98 Å². The monoisotopic (exact) mass is 1110 g/mol. The molecule has 7 rings (SSSR count). The van der Waals surface area contributed by atoms with Crippen LogP contribution in [0, 0.1) is 27.2 Å². The van der Waals surface area contributed by atoms with Gasteiger partial charge in [0.1, 0.15) is 5.75 Å². The predicted octanol–water partition coefficient (Wildman–Crippen LogP) is 12.9. The van der Waals surface area contributed by atoms with Gasteiger partial charge in [-0.15, -0.1) is 48.5 Å². The summed E-state index contributed by atoms with van der Waals surface area (Å²) < 4.78 is 0. The first kappa shape index (κ1) is 49.9. The molecule has 0 spiro atoms. The van der Waals surface area contributed by atoms with E-state index < -0.39 is 0 Å². The van der Waals surface area contributed by atoms with E-state index in [1.807, 2.05) is 140 Å². The van der Waals surface area contributed by atoms with E-state index in [4.69, 9.17) is 5.32 Å². The molecule has 1 heterocycles. The van der Waals surface area contributed by atoms with Gasteiger partial charge >= 0.3 is 0 Å². The maximum Gasteiger partial charge on any atom is 0.104 e. The number of nitrogens with zero attached hydrogens (tertiary/aromatic N) is 2. The average molecular weight is 1110 g/mol. The standard InChI is InChI=1S/C23H25N2O.C15H11O2.2C7H7.2Hf/c1-16-14-18(23(2,3)4)22(26)20(15-16)25-21(17-10-6-5-7-11-17)19-12-8-9-13-24-19;16-14(12-7-3-1-4-8-12)11-15(17)13-9-5-2-6-10-13;2*1-7-5-3-2-4-6-7;;/h5-15,21,26H,1-4H3;1-11H;2*2-6H,1H2;;/q4*-1;;. The van der Waals surface area contributed by atoms with Gasteiger partial charge in [0.15, 0.2) is 0 Å². The molecule has 0 bridgehead atoms. The number of carbonyl (C=O) groups excluding carboxylic acids is 2. The van der Waals surface area contributed by atoms with Crippen molar-refractivity contribution >= 4 is 17.3 Å². The van der Waals surface area contributed by atoms with Gasteiger partial charge in [-0.1, -0.05) is 152 Å². The summed E-state index contributed by atoms with van der Waals surface area (Å²) in [5.41, 5.74) is 7.53. The van der Waals surface area contributed by atoms with E-state index in [1.54, 1.807) is 54.7 Å². The smallest absolute Gasteiger partial charge is 0.104 e. The van der Waals surface area contributed by atoms with Crippen molar-refractivity contribution in [3.05, 3.63) is 258 Å². The first-order chi connectivity index (χ1) is 27.4. The van der Waals surface area contributed by atoms with Crippen molar-refractivity contribution in [2.75, 3.05) is 0 Å². The van der Waals surface area contributed by atoms with E-state index in [1.165, 1.54) is 0 Å². The maximum absolute atomic E-state index is 11.8. The summed E-state index contributed by atoms with van der Waals surface area (Å²) >= 11 is 0. The number of rotatable bonds is 8. The molecule has 5 nitrogen and oxygen atoms in total. The second-order valence-corrected chi connectivity index (χ2v) is 14.2. The number of pyridine rings is 1. The molecule has 1 aromatic heterocycles. The molecule has 0 saturated heterocycles. The number of phenols is 1. The van der Waals surface area contributed by atoms with Crippen LogP contribution in [-0.4, -0.2) is 21.7 Å². The first-order valence-corrected chi connectivity index (χ1v) is 18.7. The van der Waals surface area contributed by atoms with Crippen LogP contribution in [0.5, 0.6) is 5.75 Å². The van der Waals surface area contributed by atoms with Crippen LogP contribution in [0.2, 0.25) is 0 Å². The second-order valence-electron chi connectivity index (χ2n) is 14.2. The maximum atomic E-state index is 11.8. The zero-order valence-electron chi connectivity index (χ0n) is 34.1. The molecule has 0 fully saturated rings. The summed E-state index contributed by atoms with van der Waals surface area (Å²) in [6.45, 7) is 15.8. The molecular formula is C52H50Hf2N2O3-4. The summed E-state index contributed by atoms with van der Waals surface area (Å²) in [5, 5.41) is 15.8. The fourth-order valence-corrected chi connectivity index (χ4v) is 5.50. The molecule has 59 heavy (non-hydrogen) atoms. The van der Waals surface area contributed by atoms with Gasteiger partial charge in [-0.25, -0.2) is 0 Å². The van der Waals surface area contributed by atoms with Gasteiger partial charge in [0, 0.05) is 63.6 Å². The fourth-order valence-electron chi connectivity index (χ4n) is 5.50. The van der Waals surface area contributed by atoms with E-state index in [0.29, 0.717) is 16.8 Å². The molecule has 0 aliphatic carbocycles. The third-order valence-corrected chi connectivity index (χ3v) is 8.46. The quantitative estimate of drug-likeness (QED) is 0.0711. The summed E-state index contributed by atoms with van der Waals surface area (Å²) in [4.78, 5) is 28.0. The Morgan fingerprint density at radius 2 is 1.02 bits per heavy atom. The minimum Gasteiger partial charge on any atom is -0.670 e. The molecule has 1 N–H and O–H groups in total. The molecule has 0 radical (unpaired) electrons. The largest absolute Gasteiger partial charge is 0.670 e. The van der Waals surface area contributed by atoms with Crippen LogP contribution in [0.4, 0.5) is 5.69 Å². The van der Waals surface area contributed by atoms with Gasteiger partial charge in [0.2, 0.25) is 0 Å². The normalized spacial score (nSPS) is 10.4. The Kier molecular flexibility index (Phi) is 22.0. The molecule has 1 unspecified atom stereocenters. The number of hydrogen-bond donors (Lipinski definition) is 1.